The second-order valence-electron chi connectivity index (χ2n) is 6.29. The van der Waals surface area contributed by atoms with Crippen molar-refractivity contribution in [2.45, 2.75) is 77.6 Å². The van der Waals surface area contributed by atoms with Gasteiger partial charge >= 0.3 is 5.97 Å². The topological polar surface area (TPSA) is 57.6 Å². The fraction of sp³-hybridized carbons (Fsp3) is 0.882. The quantitative estimate of drug-likeness (QED) is 0.623. The second kappa shape index (κ2) is 10.6. The lowest BCUT2D eigenvalue weighted by Crippen LogP contribution is -2.35. The van der Waals surface area contributed by atoms with Gasteiger partial charge in [-0.25, -0.2) is 0 Å². The van der Waals surface area contributed by atoms with Crippen molar-refractivity contribution in [1.82, 2.24) is 4.90 Å². The summed E-state index contributed by atoms with van der Waals surface area (Å²) in [5, 5.41) is 8.84. The van der Waals surface area contributed by atoms with E-state index in [1.54, 1.807) is 4.90 Å². The van der Waals surface area contributed by atoms with Crippen molar-refractivity contribution in [3.8, 4) is 0 Å². The highest BCUT2D eigenvalue weighted by Crippen LogP contribution is 2.26. The molecule has 1 aliphatic rings. The van der Waals surface area contributed by atoms with Gasteiger partial charge in [-0.05, 0) is 25.2 Å². The SMILES string of the molecule is CCCCCCN(CCC(=O)O)C(=O)CC1CCCCC1. The lowest BCUT2D eigenvalue weighted by molar-refractivity contribution is -0.138. The molecule has 0 spiro atoms. The van der Waals surface area contributed by atoms with Crippen LogP contribution in [0.4, 0.5) is 0 Å². The minimum Gasteiger partial charge on any atom is -0.481 e. The van der Waals surface area contributed by atoms with E-state index in [9.17, 15) is 9.59 Å². The minimum atomic E-state index is -0.820. The fourth-order valence-electron chi connectivity index (χ4n) is 3.09. The highest BCUT2D eigenvalue weighted by atomic mass is 16.4. The number of carboxylic acid groups (broad SMARTS) is 1. The normalized spacial score (nSPS) is 15.9. The molecule has 1 N–H and O–H groups in total. The molecule has 0 saturated heterocycles. The highest BCUT2D eigenvalue weighted by molar-refractivity contribution is 5.77. The Bertz CT molecular complexity index is 311. The molecule has 0 aromatic rings. The number of amides is 1. The Balaban J connectivity index is 2.39. The predicted molar refractivity (Wildman–Crippen MR) is 84.2 cm³/mol. The zero-order valence-electron chi connectivity index (χ0n) is 13.5. The maximum Gasteiger partial charge on any atom is 0.305 e. The molecular formula is C17H31NO3. The molecule has 1 saturated carbocycles. The van der Waals surface area contributed by atoms with Crippen molar-refractivity contribution in [3.05, 3.63) is 0 Å². The molecule has 1 aliphatic carbocycles. The summed E-state index contributed by atoms with van der Waals surface area (Å²) in [6, 6.07) is 0. The van der Waals surface area contributed by atoms with Crippen molar-refractivity contribution >= 4 is 11.9 Å². The van der Waals surface area contributed by atoms with E-state index in [0.29, 0.717) is 18.9 Å². The van der Waals surface area contributed by atoms with Crippen LogP contribution in [0, 0.1) is 5.92 Å². The minimum absolute atomic E-state index is 0.0597. The Morgan fingerprint density at radius 2 is 1.76 bits per heavy atom. The molecule has 1 rings (SSSR count). The van der Waals surface area contributed by atoms with E-state index in [-0.39, 0.29) is 12.3 Å². The Morgan fingerprint density at radius 1 is 1.05 bits per heavy atom. The van der Waals surface area contributed by atoms with Gasteiger partial charge in [0.15, 0.2) is 0 Å². The van der Waals surface area contributed by atoms with Crippen molar-refractivity contribution in [3.63, 3.8) is 0 Å². The third-order valence-electron chi connectivity index (χ3n) is 4.42. The first-order valence-corrected chi connectivity index (χ1v) is 8.63. The predicted octanol–water partition coefficient (Wildman–Crippen LogP) is 3.84. The average Bonchev–Trinajstić information content (AvgIpc) is 2.47. The van der Waals surface area contributed by atoms with Crippen LogP contribution in [0.2, 0.25) is 0 Å². The summed E-state index contributed by atoms with van der Waals surface area (Å²) in [4.78, 5) is 25.0. The fourth-order valence-corrected chi connectivity index (χ4v) is 3.09. The monoisotopic (exact) mass is 297 g/mol. The van der Waals surface area contributed by atoms with Crippen molar-refractivity contribution in [2.75, 3.05) is 13.1 Å². The van der Waals surface area contributed by atoms with E-state index in [2.05, 4.69) is 6.92 Å². The van der Waals surface area contributed by atoms with E-state index in [0.717, 1.165) is 32.2 Å². The molecule has 1 fully saturated rings. The molecular weight excluding hydrogens is 266 g/mol. The number of rotatable bonds is 10. The third-order valence-corrected chi connectivity index (χ3v) is 4.42. The molecule has 4 nitrogen and oxygen atoms in total. The zero-order chi connectivity index (χ0) is 15.5. The van der Waals surface area contributed by atoms with Crippen molar-refractivity contribution in [1.29, 1.82) is 0 Å². The number of hydrogen-bond acceptors (Lipinski definition) is 2. The Morgan fingerprint density at radius 3 is 2.38 bits per heavy atom. The summed E-state index contributed by atoms with van der Waals surface area (Å²) in [5.41, 5.74) is 0. The molecule has 0 radical (unpaired) electrons. The lowest BCUT2D eigenvalue weighted by atomic mass is 9.86. The molecule has 1 amide bonds. The molecule has 0 aliphatic heterocycles. The summed E-state index contributed by atoms with van der Waals surface area (Å²) < 4.78 is 0. The molecule has 122 valence electrons. The van der Waals surface area contributed by atoms with Gasteiger partial charge in [0, 0.05) is 19.5 Å². The summed E-state index contributed by atoms with van der Waals surface area (Å²) in [6.07, 6.45) is 11.2. The number of carbonyl (C=O) groups excluding carboxylic acids is 1. The van der Waals surface area contributed by atoms with Gasteiger partial charge in [-0.2, -0.15) is 0 Å². The first kappa shape index (κ1) is 18.0. The van der Waals surface area contributed by atoms with E-state index in [4.69, 9.17) is 5.11 Å². The number of carbonyl (C=O) groups is 2. The van der Waals surface area contributed by atoms with Crippen LogP contribution in [0.15, 0.2) is 0 Å². The maximum atomic E-state index is 12.4. The van der Waals surface area contributed by atoms with E-state index >= 15 is 0 Å². The van der Waals surface area contributed by atoms with Gasteiger partial charge in [0.25, 0.3) is 0 Å². The van der Waals surface area contributed by atoms with E-state index < -0.39 is 5.97 Å². The molecule has 0 atom stereocenters. The summed E-state index contributed by atoms with van der Waals surface area (Å²) in [7, 11) is 0. The van der Waals surface area contributed by atoms with Crippen LogP contribution in [0.25, 0.3) is 0 Å². The standard InChI is InChI=1S/C17H31NO3/c1-2-3-4-8-12-18(13-11-17(20)21)16(19)14-15-9-6-5-7-10-15/h15H,2-14H2,1H3,(H,20,21). The highest BCUT2D eigenvalue weighted by Gasteiger charge is 2.21. The summed E-state index contributed by atoms with van der Waals surface area (Å²) >= 11 is 0. The third kappa shape index (κ3) is 8.08. The first-order valence-electron chi connectivity index (χ1n) is 8.63. The van der Waals surface area contributed by atoms with Crippen LogP contribution in [0.1, 0.15) is 77.6 Å². The molecule has 0 aromatic carbocycles. The number of aliphatic carboxylic acids is 1. The van der Waals surface area contributed by atoms with Crippen LogP contribution in [0.5, 0.6) is 0 Å². The van der Waals surface area contributed by atoms with Gasteiger partial charge in [-0.1, -0.05) is 45.4 Å². The van der Waals surface area contributed by atoms with Crippen LogP contribution in [-0.4, -0.2) is 35.0 Å². The number of carboxylic acids is 1. The largest absolute Gasteiger partial charge is 0.481 e. The summed E-state index contributed by atoms with van der Waals surface area (Å²) in [5.74, 6) is -0.132. The average molecular weight is 297 g/mol. The first-order chi connectivity index (χ1) is 10.1. The van der Waals surface area contributed by atoms with Gasteiger partial charge < -0.3 is 10.0 Å². The molecule has 0 aromatic heterocycles. The Hall–Kier alpha value is -1.06. The van der Waals surface area contributed by atoms with E-state index in [1.165, 1.54) is 32.1 Å². The number of nitrogens with zero attached hydrogens (tertiary/aromatic N) is 1. The molecule has 21 heavy (non-hydrogen) atoms. The maximum absolute atomic E-state index is 12.4. The Kier molecular flexibility index (Phi) is 9.11. The van der Waals surface area contributed by atoms with Gasteiger partial charge in [0.2, 0.25) is 5.91 Å². The van der Waals surface area contributed by atoms with E-state index in [1.807, 2.05) is 0 Å². The van der Waals surface area contributed by atoms with Crippen LogP contribution in [0.3, 0.4) is 0 Å². The Labute approximate surface area is 128 Å². The van der Waals surface area contributed by atoms with Gasteiger partial charge in [0.1, 0.15) is 0 Å². The van der Waals surface area contributed by atoms with Crippen molar-refractivity contribution < 1.29 is 14.7 Å². The molecule has 0 unspecified atom stereocenters. The van der Waals surface area contributed by atoms with Crippen LogP contribution >= 0.6 is 0 Å². The molecule has 0 bridgehead atoms. The van der Waals surface area contributed by atoms with Crippen LogP contribution in [-0.2, 0) is 9.59 Å². The van der Waals surface area contributed by atoms with Gasteiger partial charge in [0.05, 0.1) is 6.42 Å². The smallest absolute Gasteiger partial charge is 0.305 e. The lowest BCUT2D eigenvalue weighted by Gasteiger charge is -2.26. The van der Waals surface area contributed by atoms with Crippen LogP contribution < -0.4 is 0 Å². The summed E-state index contributed by atoms with van der Waals surface area (Å²) in [6.45, 7) is 3.25. The zero-order valence-corrected chi connectivity index (χ0v) is 13.5. The van der Waals surface area contributed by atoms with Crippen molar-refractivity contribution in [2.24, 2.45) is 5.92 Å². The number of unbranched alkanes of at least 4 members (excludes halogenated alkanes) is 3. The van der Waals surface area contributed by atoms with Gasteiger partial charge in [-0.3, -0.25) is 9.59 Å². The molecule has 0 heterocycles. The van der Waals surface area contributed by atoms with Gasteiger partial charge in [-0.15, -0.1) is 0 Å². The molecule has 4 heteroatoms. The number of hydrogen-bond donors (Lipinski definition) is 1. The second-order valence-corrected chi connectivity index (χ2v) is 6.29.